The molecule has 0 aliphatic carbocycles. The standard InChI is InChI=1S/C28H31ClN4O3/c1-5-36-28(4)13-12-19-15-23(18-6-11-24(30)20(14-18)16-31-17-27(2,3)35)26(34)33(25(19)32-28)22-9-7-21(29)8-10-22/h6-16,32,35H,5,17,30H2,1-4H3/t28-/m0/s1. The second kappa shape index (κ2) is 9.93. The fourth-order valence-electron chi connectivity index (χ4n) is 4.07. The molecule has 4 N–H and O–H groups in total. The Morgan fingerprint density at radius 1 is 1.22 bits per heavy atom. The molecule has 0 fully saturated rings. The summed E-state index contributed by atoms with van der Waals surface area (Å²) in [6, 6.07) is 14.4. The number of rotatable bonds is 7. The van der Waals surface area contributed by atoms with Gasteiger partial charge in [-0.25, -0.2) is 0 Å². The number of fused-ring (bicyclic) bond motifs is 1. The van der Waals surface area contributed by atoms with Crippen LogP contribution in [0.15, 0.2) is 64.4 Å². The number of nitrogens with one attached hydrogen (secondary N) is 1. The normalized spacial score (nSPS) is 17.3. The van der Waals surface area contributed by atoms with Gasteiger partial charge in [0.2, 0.25) is 0 Å². The lowest BCUT2D eigenvalue weighted by Crippen LogP contribution is -2.40. The van der Waals surface area contributed by atoms with Crippen LogP contribution in [0.2, 0.25) is 5.02 Å². The highest BCUT2D eigenvalue weighted by molar-refractivity contribution is 6.30. The van der Waals surface area contributed by atoms with Crippen molar-refractivity contribution in [2.45, 2.75) is 39.0 Å². The van der Waals surface area contributed by atoms with E-state index in [1.807, 2.05) is 56.3 Å². The van der Waals surface area contributed by atoms with E-state index in [-0.39, 0.29) is 12.1 Å². The Hall–Kier alpha value is -3.39. The third kappa shape index (κ3) is 5.54. The molecule has 1 aliphatic heterocycles. The van der Waals surface area contributed by atoms with Crippen molar-refractivity contribution in [3.8, 4) is 16.8 Å². The minimum Gasteiger partial charge on any atom is -0.398 e. The van der Waals surface area contributed by atoms with Crippen LogP contribution in [0.25, 0.3) is 22.9 Å². The monoisotopic (exact) mass is 506 g/mol. The number of pyridine rings is 1. The van der Waals surface area contributed by atoms with Crippen LogP contribution in [-0.4, -0.2) is 40.4 Å². The molecule has 36 heavy (non-hydrogen) atoms. The van der Waals surface area contributed by atoms with Gasteiger partial charge in [-0.1, -0.05) is 23.7 Å². The summed E-state index contributed by atoms with van der Waals surface area (Å²) >= 11 is 6.12. The number of nitrogen functional groups attached to an aromatic ring is 1. The van der Waals surface area contributed by atoms with Gasteiger partial charge < -0.3 is 20.9 Å². The molecule has 0 bridgehead atoms. The van der Waals surface area contributed by atoms with E-state index in [2.05, 4.69) is 10.3 Å². The SMILES string of the molecule is CCO[C@@]1(C)C=Cc2cc(-c3ccc(N)c(C=NCC(C)(C)O)c3)c(=O)n(-c3ccc(Cl)cc3)c2N1. The van der Waals surface area contributed by atoms with Gasteiger partial charge in [-0.15, -0.1) is 0 Å². The second-order valence-electron chi connectivity index (χ2n) is 9.60. The summed E-state index contributed by atoms with van der Waals surface area (Å²) in [5.41, 5.74) is 8.21. The lowest BCUT2D eigenvalue weighted by atomic mass is 9.99. The van der Waals surface area contributed by atoms with E-state index in [4.69, 9.17) is 22.1 Å². The molecule has 188 valence electrons. The first-order valence-electron chi connectivity index (χ1n) is 11.8. The van der Waals surface area contributed by atoms with E-state index in [0.29, 0.717) is 45.5 Å². The van der Waals surface area contributed by atoms with Crippen LogP contribution >= 0.6 is 11.6 Å². The van der Waals surface area contributed by atoms with Crippen molar-refractivity contribution in [2.24, 2.45) is 4.99 Å². The molecule has 0 unspecified atom stereocenters. The molecule has 1 atom stereocenters. The summed E-state index contributed by atoms with van der Waals surface area (Å²) in [5, 5.41) is 13.9. The average Bonchev–Trinajstić information content (AvgIpc) is 2.80. The van der Waals surface area contributed by atoms with E-state index in [0.717, 1.165) is 5.56 Å². The second-order valence-corrected chi connectivity index (χ2v) is 10.0. The Labute approximate surface area is 215 Å². The van der Waals surface area contributed by atoms with Gasteiger partial charge in [0, 0.05) is 40.2 Å². The van der Waals surface area contributed by atoms with Gasteiger partial charge in [-0.05, 0) is 81.8 Å². The van der Waals surface area contributed by atoms with Crippen LogP contribution in [-0.2, 0) is 4.74 Å². The van der Waals surface area contributed by atoms with Gasteiger partial charge in [0.1, 0.15) is 5.82 Å². The average molecular weight is 507 g/mol. The highest BCUT2D eigenvalue weighted by Gasteiger charge is 2.29. The fraction of sp³-hybridized carbons (Fsp3) is 0.286. The third-order valence-electron chi connectivity index (χ3n) is 5.81. The van der Waals surface area contributed by atoms with E-state index in [1.54, 1.807) is 42.8 Å². The van der Waals surface area contributed by atoms with Crippen molar-refractivity contribution in [1.82, 2.24) is 4.57 Å². The molecule has 3 aromatic rings. The molecule has 0 saturated carbocycles. The summed E-state index contributed by atoms with van der Waals surface area (Å²) in [7, 11) is 0. The van der Waals surface area contributed by atoms with Crippen LogP contribution in [0.4, 0.5) is 11.5 Å². The van der Waals surface area contributed by atoms with Crippen LogP contribution in [0.3, 0.4) is 0 Å². The molecule has 0 radical (unpaired) electrons. The van der Waals surface area contributed by atoms with Gasteiger partial charge in [0.15, 0.2) is 5.72 Å². The first-order chi connectivity index (χ1) is 17.0. The summed E-state index contributed by atoms with van der Waals surface area (Å²) in [6.07, 6.45) is 5.53. The van der Waals surface area contributed by atoms with Crippen LogP contribution in [0.1, 0.15) is 38.8 Å². The van der Waals surface area contributed by atoms with Gasteiger partial charge in [-0.2, -0.15) is 0 Å². The largest absolute Gasteiger partial charge is 0.398 e. The number of halogens is 1. The van der Waals surface area contributed by atoms with Crippen molar-refractivity contribution in [2.75, 3.05) is 24.2 Å². The number of ether oxygens (including phenoxy) is 1. The molecule has 0 saturated heterocycles. The van der Waals surface area contributed by atoms with E-state index < -0.39 is 11.3 Å². The van der Waals surface area contributed by atoms with Crippen molar-refractivity contribution < 1.29 is 9.84 Å². The minimum atomic E-state index is -0.928. The van der Waals surface area contributed by atoms with E-state index in [9.17, 15) is 9.90 Å². The number of aliphatic imine (C=N–C) groups is 1. The van der Waals surface area contributed by atoms with E-state index in [1.165, 1.54) is 0 Å². The zero-order valence-electron chi connectivity index (χ0n) is 20.9. The van der Waals surface area contributed by atoms with Crippen molar-refractivity contribution in [3.05, 3.63) is 81.1 Å². The zero-order valence-corrected chi connectivity index (χ0v) is 21.6. The number of benzene rings is 2. The number of aliphatic hydroxyl groups is 1. The number of nitrogens with zero attached hydrogens (tertiary/aromatic N) is 2. The lowest BCUT2D eigenvalue weighted by molar-refractivity contribution is 0.0352. The summed E-state index contributed by atoms with van der Waals surface area (Å²) in [6.45, 7) is 7.96. The van der Waals surface area contributed by atoms with Crippen molar-refractivity contribution in [3.63, 3.8) is 0 Å². The maximum absolute atomic E-state index is 14.0. The molecule has 2 aromatic carbocycles. The van der Waals surface area contributed by atoms with E-state index >= 15 is 0 Å². The minimum absolute atomic E-state index is 0.207. The molecule has 0 spiro atoms. The summed E-state index contributed by atoms with van der Waals surface area (Å²) < 4.78 is 7.54. The Balaban J connectivity index is 1.88. The fourth-order valence-corrected chi connectivity index (χ4v) is 4.19. The Morgan fingerprint density at radius 2 is 1.94 bits per heavy atom. The Morgan fingerprint density at radius 3 is 2.61 bits per heavy atom. The molecule has 1 aliphatic rings. The van der Waals surface area contributed by atoms with Crippen LogP contribution in [0, 0.1) is 0 Å². The van der Waals surface area contributed by atoms with Gasteiger partial charge in [-0.3, -0.25) is 14.4 Å². The topological polar surface area (TPSA) is 102 Å². The van der Waals surface area contributed by atoms with Gasteiger partial charge >= 0.3 is 0 Å². The maximum Gasteiger partial charge on any atom is 0.264 e. The first-order valence-corrected chi connectivity index (χ1v) is 12.2. The smallest absolute Gasteiger partial charge is 0.264 e. The molecule has 4 rings (SSSR count). The molecule has 7 nitrogen and oxygen atoms in total. The molecule has 8 heteroatoms. The molecule has 1 aromatic heterocycles. The predicted octanol–water partition coefficient (Wildman–Crippen LogP) is 5.12. The Kier molecular flexibility index (Phi) is 7.09. The highest BCUT2D eigenvalue weighted by Crippen LogP contribution is 2.33. The highest BCUT2D eigenvalue weighted by atomic mass is 35.5. The molecular weight excluding hydrogens is 476 g/mol. The first kappa shape index (κ1) is 25.7. The summed E-state index contributed by atoms with van der Waals surface area (Å²) in [5.74, 6) is 0.631. The molecule has 2 heterocycles. The Bertz CT molecular complexity index is 1390. The molecule has 0 amide bonds. The number of hydrogen-bond acceptors (Lipinski definition) is 6. The summed E-state index contributed by atoms with van der Waals surface area (Å²) in [4.78, 5) is 18.3. The molecular formula is C28H31ClN4O3. The third-order valence-corrected chi connectivity index (χ3v) is 6.07. The maximum atomic E-state index is 14.0. The van der Waals surface area contributed by atoms with Gasteiger partial charge in [0.25, 0.3) is 5.56 Å². The van der Waals surface area contributed by atoms with Crippen LogP contribution < -0.4 is 16.6 Å². The van der Waals surface area contributed by atoms with Crippen molar-refractivity contribution >= 4 is 35.4 Å². The van der Waals surface area contributed by atoms with Gasteiger partial charge in [0.05, 0.1) is 17.8 Å². The number of aromatic nitrogens is 1. The van der Waals surface area contributed by atoms with Crippen molar-refractivity contribution in [1.29, 1.82) is 0 Å². The number of nitrogens with two attached hydrogens (primary N) is 1. The quantitative estimate of drug-likeness (QED) is 0.305. The lowest BCUT2D eigenvalue weighted by Gasteiger charge is -2.34. The predicted molar refractivity (Wildman–Crippen MR) is 148 cm³/mol. The zero-order chi connectivity index (χ0) is 26.1. The van der Waals surface area contributed by atoms with Crippen LogP contribution in [0.5, 0.6) is 0 Å². The number of hydrogen-bond donors (Lipinski definition) is 3. The number of anilines is 2.